The second-order valence-electron chi connectivity index (χ2n) is 8.60. The molecule has 0 spiro atoms. The quantitative estimate of drug-likeness (QED) is 0.462. The lowest BCUT2D eigenvalue weighted by Crippen LogP contribution is -2.32. The van der Waals surface area contributed by atoms with Gasteiger partial charge in [0.05, 0.1) is 17.0 Å². The molecule has 1 aromatic carbocycles. The lowest BCUT2D eigenvalue weighted by Gasteiger charge is -2.11. The van der Waals surface area contributed by atoms with Gasteiger partial charge in [-0.2, -0.15) is 9.78 Å². The number of phenols is 1. The van der Waals surface area contributed by atoms with Crippen LogP contribution in [0.1, 0.15) is 60.5 Å². The average molecular weight is 466 g/mol. The second-order valence-corrected chi connectivity index (χ2v) is 8.96. The summed E-state index contributed by atoms with van der Waals surface area (Å²) in [5.74, 6) is -0.193. The lowest BCUT2D eigenvalue weighted by atomic mass is 10.0. The van der Waals surface area contributed by atoms with Gasteiger partial charge in [-0.3, -0.25) is 4.79 Å². The molecule has 2 aliphatic rings. The molecule has 0 aliphatic heterocycles. The second kappa shape index (κ2) is 8.86. The van der Waals surface area contributed by atoms with Crippen molar-refractivity contribution >= 4 is 29.2 Å². The maximum Gasteiger partial charge on any atom is 0.342 e. The first kappa shape index (κ1) is 21.5. The van der Waals surface area contributed by atoms with E-state index in [1.165, 1.54) is 16.9 Å². The van der Waals surface area contributed by atoms with Crippen LogP contribution >= 0.6 is 11.6 Å². The summed E-state index contributed by atoms with van der Waals surface area (Å²) in [6.45, 7) is 0. The fourth-order valence-corrected chi connectivity index (χ4v) is 4.45. The van der Waals surface area contributed by atoms with Gasteiger partial charge in [0, 0.05) is 35.5 Å². The van der Waals surface area contributed by atoms with Gasteiger partial charge in [-0.1, -0.05) is 24.4 Å². The number of carbonyl (C=O) groups is 2. The molecule has 0 radical (unpaired) electrons. The fourth-order valence-electron chi connectivity index (χ4n) is 4.25. The van der Waals surface area contributed by atoms with E-state index < -0.39 is 5.91 Å². The van der Waals surface area contributed by atoms with E-state index in [2.05, 4.69) is 20.7 Å². The zero-order valence-electron chi connectivity index (χ0n) is 17.9. The summed E-state index contributed by atoms with van der Waals surface area (Å²) in [5, 5.41) is 21.1. The number of pyridine rings is 1. The van der Waals surface area contributed by atoms with Crippen LogP contribution in [0, 0.1) is 0 Å². The molecule has 2 saturated carbocycles. The first-order valence-corrected chi connectivity index (χ1v) is 11.5. The largest absolute Gasteiger partial charge is 0.507 e. The maximum absolute atomic E-state index is 12.8. The Labute approximate surface area is 196 Å². The van der Waals surface area contributed by atoms with Crippen molar-refractivity contribution in [3.05, 3.63) is 59.0 Å². The molecule has 0 bridgehead atoms. The van der Waals surface area contributed by atoms with Gasteiger partial charge in [0.2, 0.25) is 0 Å². The minimum Gasteiger partial charge on any atom is -0.507 e. The molecule has 2 aromatic heterocycles. The van der Waals surface area contributed by atoms with Crippen LogP contribution in [0.4, 0.5) is 10.5 Å². The van der Waals surface area contributed by atoms with Gasteiger partial charge < -0.3 is 15.7 Å². The Morgan fingerprint density at radius 1 is 1.09 bits per heavy atom. The molecule has 2 heterocycles. The molecule has 3 aromatic rings. The normalized spacial score (nSPS) is 16.0. The Kier molecular flexibility index (Phi) is 5.76. The van der Waals surface area contributed by atoms with E-state index in [1.807, 2.05) is 6.07 Å². The molecule has 0 unspecified atom stereocenters. The van der Waals surface area contributed by atoms with E-state index in [9.17, 15) is 14.7 Å². The summed E-state index contributed by atoms with van der Waals surface area (Å²) in [6.07, 6.45) is 7.81. The van der Waals surface area contributed by atoms with Crippen molar-refractivity contribution < 1.29 is 14.7 Å². The number of aromatic hydroxyl groups is 1. The molecule has 2 fully saturated rings. The predicted octanol–water partition coefficient (Wildman–Crippen LogP) is 4.93. The lowest BCUT2D eigenvalue weighted by molar-refractivity contribution is 0.102. The first-order valence-electron chi connectivity index (χ1n) is 11.2. The third kappa shape index (κ3) is 4.57. The molecule has 9 heteroatoms. The molecule has 3 N–H and O–H groups in total. The fraction of sp³-hybridized carbons (Fsp3) is 0.333. The Morgan fingerprint density at radius 3 is 2.58 bits per heavy atom. The molecule has 0 saturated heterocycles. The highest BCUT2D eigenvalue weighted by Gasteiger charge is 2.29. The van der Waals surface area contributed by atoms with Crippen molar-refractivity contribution in [2.75, 3.05) is 5.32 Å². The van der Waals surface area contributed by atoms with Crippen LogP contribution in [0.5, 0.6) is 5.75 Å². The Balaban J connectivity index is 1.41. The summed E-state index contributed by atoms with van der Waals surface area (Å²) in [5.41, 5.74) is 2.54. The van der Waals surface area contributed by atoms with Crippen molar-refractivity contribution in [3.63, 3.8) is 0 Å². The van der Waals surface area contributed by atoms with Gasteiger partial charge in [-0.15, -0.1) is 0 Å². The maximum atomic E-state index is 12.8. The van der Waals surface area contributed by atoms with Gasteiger partial charge in [-0.25, -0.2) is 9.78 Å². The van der Waals surface area contributed by atoms with Crippen molar-refractivity contribution in [2.45, 2.75) is 50.5 Å². The van der Waals surface area contributed by atoms with Crippen molar-refractivity contribution in [2.24, 2.45) is 0 Å². The number of carbonyl (C=O) groups excluding carboxylic acids is 2. The molecule has 33 heavy (non-hydrogen) atoms. The standard InChI is InChI=1S/C24H24ClN5O3/c25-22-18(6-3-11-26-22)23(32)27-16-9-10-17(21(31)12-16)19-13-20(14-4-1-2-5-14)30(29-19)24(33)28-15-7-8-15/h3,6,9-15,31H,1-2,4-5,7-8H2,(H,27,32)(H,28,33). The SMILES string of the molecule is O=C(Nc1ccc(-c2cc(C3CCCC3)n(C(=O)NC3CC3)n2)c(O)c1)c1cccnc1Cl. The summed E-state index contributed by atoms with van der Waals surface area (Å²) < 4.78 is 1.46. The van der Waals surface area contributed by atoms with Gasteiger partial charge in [0.15, 0.2) is 0 Å². The number of anilines is 1. The Bertz CT molecular complexity index is 1210. The number of phenolic OH excluding ortho intramolecular Hbond substituents is 1. The third-order valence-corrected chi connectivity index (χ3v) is 6.44. The molecule has 2 aliphatic carbocycles. The monoisotopic (exact) mass is 465 g/mol. The van der Waals surface area contributed by atoms with Crippen LogP contribution < -0.4 is 10.6 Å². The minimum absolute atomic E-state index is 0.0460. The minimum atomic E-state index is -0.426. The van der Waals surface area contributed by atoms with Crippen LogP contribution in [0.3, 0.4) is 0 Å². The molecular weight excluding hydrogens is 442 g/mol. The smallest absolute Gasteiger partial charge is 0.342 e. The third-order valence-electron chi connectivity index (χ3n) is 6.14. The van der Waals surface area contributed by atoms with E-state index in [0.717, 1.165) is 44.2 Å². The number of aromatic nitrogens is 3. The molecular formula is C24H24ClN5O3. The van der Waals surface area contributed by atoms with Gasteiger partial charge in [-0.05, 0) is 56.0 Å². The van der Waals surface area contributed by atoms with Crippen LogP contribution in [-0.2, 0) is 0 Å². The summed E-state index contributed by atoms with van der Waals surface area (Å²) >= 11 is 5.99. The molecule has 8 nitrogen and oxygen atoms in total. The number of rotatable bonds is 5. The number of nitrogens with zero attached hydrogens (tertiary/aromatic N) is 3. The molecule has 5 rings (SSSR count). The van der Waals surface area contributed by atoms with Crippen molar-refractivity contribution in [3.8, 4) is 17.0 Å². The summed E-state index contributed by atoms with van der Waals surface area (Å²) in [6, 6.07) is 9.91. The van der Waals surface area contributed by atoms with Crippen molar-refractivity contribution in [1.82, 2.24) is 20.1 Å². The molecule has 2 amide bonds. The van der Waals surface area contributed by atoms with E-state index in [1.54, 1.807) is 24.3 Å². The van der Waals surface area contributed by atoms with Gasteiger partial charge >= 0.3 is 6.03 Å². The first-order chi connectivity index (χ1) is 16.0. The highest BCUT2D eigenvalue weighted by Crippen LogP contribution is 2.38. The number of halogens is 1. The van der Waals surface area contributed by atoms with Crippen LogP contribution in [0.25, 0.3) is 11.3 Å². The van der Waals surface area contributed by atoms with Crippen LogP contribution in [0.15, 0.2) is 42.6 Å². The molecule has 0 atom stereocenters. The number of benzene rings is 1. The van der Waals surface area contributed by atoms with Crippen LogP contribution in [-0.4, -0.2) is 37.9 Å². The van der Waals surface area contributed by atoms with Gasteiger partial charge in [0.25, 0.3) is 5.91 Å². The van der Waals surface area contributed by atoms with E-state index in [-0.39, 0.29) is 34.5 Å². The number of hydrogen-bond acceptors (Lipinski definition) is 5. The number of nitrogens with one attached hydrogen (secondary N) is 2. The Morgan fingerprint density at radius 2 is 1.88 bits per heavy atom. The topological polar surface area (TPSA) is 109 Å². The van der Waals surface area contributed by atoms with Crippen LogP contribution in [0.2, 0.25) is 5.15 Å². The highest BCUT2D eigenvalue weighted by atomic mass is 35.5. The van der Waals surface area contributed by atoms with E-state index >= 15 is 0 Å². The number of amides is 2. The van der Waals surface area contributed by atoms with Gasteiger partial charge in [0.1, 0.15) is 10.9 Å². The number of hydrogen-bond donors (Lipinski definition) is 3. The molecule has 170 valence electrons. The zero-order chi connectivity index (χ0) is 22.9. The summed E-state index contributed by atoms with van der Waals surface area (Å²) in [4.78, 5) is 29.2. The highest BCUT2D eigenvalue weighted by molar-refractivity contribution is 6.33. The van der Waals surface area contributed by atoms with Crippen molar-refractivity contribution in [1.29, 1.82) is 0 Å². The van der Waals surface area contributed by atoms with E-state index in [4.69, 9.17) is 11.6 Å². The summed E-state index contributed by atoms with van der Waals surface area (Å²) in [7, 11) is 0. The predicted molar refractivity (Wildman–Crippen MR) is 125 cm³/mol. The Hall–Kier alpha value is -3.39. The zero-order valence-corrected chi connectivity index (χ0v) is 18.7. The average Bonchev–Trinajstić information content (AvgIpc) is 3.25. The van der Waals surface area contributed by atoms with E-state index in [0.29, 0.717) is 16.9 Å².